The molecule has 20 heavy (non-hydrogen) atoms. The summed E-state index contributed by atoms with van der Waals surface area (Å²) in [6.07, 6.45) is 6.68. The lowest BCUT2D eigenvalue weighted by Gasteiger charge is -2.18. The van der Waals surface area contributed by atoms with Gasteiger partial charge in [0, 0.05) is 32.3 Å². The summed E-state index contributed by atoms with van der Waals surface area (Å²) in [6, 6.07) is 13.3. The third-order valence-electron chi connectivity index (χ3n) is 3.59. The van der Waals surface area contributed by atoms with E-state index < -0.39 is 0 Å². The molecule has 3 nitrogen and oxygen atoms in total. The van der Waals surface area contributed by atoms with Crippen LogP contribution >= 0.6 is 0 Å². The van der Waals surface area contributed by atoms with Crippen LogP contribution in [0, 0.1) is 0 Å². The maximum atomic E-state index is 4.42. The number of hydrogen-bond donors (Lipinski definition) is 1. The number of hydrogen-bond acceptors (Lipinski definition) is 2. The molecule has 0 aliphatic rings. The van der Waals surface area contributed by atoms with E-state index in [2.05, 4.69) is 53.7 Å². The quantitative estimate of drug-likeness (QED) is 0.796. The first kappa shape index (κ1) is 14.8. The van der Waals surface area contributed by atoms with E-state index in [0.29, 0.717) is 6.04 Å². The number of nitrogens with one attached hydrogen (secondary N) is 1. The Morgan fingerprint density at radius 2 is 2.00 bits per heavy atom. The van der Waals surface area contributed by atoms with Gasteiger partial charge >= 0.3 is 0 Å². The van der Waals surface area contributed by atoms with Crippen LogP contribution in [0.1, 0.15) is 43.5 Å². The van der Waals surface area contributed by atoms with Crippen LogP contribution in [0.15, 0.2) is 42.6 Å². The van der Waals surface area contributed by atoms with Gasteiger partial charge in [0.2, 0.25) is 0 Å². The maximum Gasteiger partial charge on any atom is 0.0637 e. The van der Waals surface area contributed by atoms with E-state index in [0.717, 1.165) is 18.7 Å². The average Bonchev–Trinajstić information content (AvgIpc) is 2.89. The van der Waals surface area contributed by atoms with Gasteiger partial charge in [0.15, 0.2) is 0 Å². The van der Waals surface area contributed by atoms with Gasteiger partial charge in [0.05, 0.1) is 5.69 Å². The molecule has 0 aliphatic carbocycles. The molecule has 1 atom stereocenters. The highest BCUT2D eigenvalue weighted by atomic mass is 15.2. The zero-order chi connectivity index (χ0) is 14.2. The molecule has 1 N–H and O–H groups in total. The van der Waals surface area contributed by atoms with Crippen LogP contribution < -0.4 is 5.32 Å². The van der Waals surface area contributed by atoms with E-state index in [1.807, 2.05) is 17.9 Å². The topological polar surface area (TPSA) is 29.9 Å². The van der Waals surface area contributed by atoms with Crippen LogP contribution in [0.25, 0.3) is 0 Å². The molecule has 0 amide bonds. The van der Waals surface area contributed by atoms with Gasteiger partial charge in [-0.05, 0) is 18.1 Å². The minimum Gasteiger partial charge on any atom is -0.310 e. The second kappa shape index (κ2) is 7.85. The molecule has 1 aromatic carbocycles. The zero-order valence-electron chi connectivity index (χ0n) is 12.5. The summed E-state index contributed by atoms with van der Waals surface area (Å²) in [7, 11) is 1.96. The number of rotatable bonds is 8. The predicted octanol–water partition coefficient (Wildman–Crippen LogP) is 3.48. The Morgan fingerprint density at radius 3 is 2.65 bits per heavy atom. The summed E-state index contributed by atoms with van der Waals surface area (Å²) >= 11 is 0. The number of unbranched alkanes of at least 4 members (excludes halogenated alkanes) is 1. The molecule has 0 radical (unpaired) electrons. The van der Waals surface area contributed by atoms with Crippen LogP contribution in [0.4, 0.5) is 0 Å². The summed E-state index contributed by atoms with van der Waals surface area (Å²) in [6.45, 7) is 3.22. The van der Waals surface area contributed by atoms with Crippen molar-refractivity contribution in [1.29, 1.82) is 0 Å². The van der Waals surface area contributed by atoms with Crippen LogP contribution in [0.2, 0.25) is 0 Å². The maximum absolute atomic E-state index is 4.42. The molecule has 0 fully saturated rings. The Morgan fingerprint density at radius 1 is 1.20 bits per heavy atom. The molecule has 1 aromatic heterocycles. The van der Waals surface area contributed by atoms with E-state index in [1.165, 1.54) is 24.8 Å². The molecule has 1 unspecified atom stereocenters. The van der Waals surface area contributed by atoms with Crippen LogP contribution in [0.5, 0.6) is 0 Å². The van der Waals surface area contributed by atoms with Gasteiger partial charge in [-0.15, -0.1) is 0 Å². The monoisotopic (exact) mass is 271 g/mol. The second-order valence-electron chi connectivity index (χ2n) is 5.29. The normalized spacial score (nSPS) is 12.5. The molecule has 0 aliphatic heterocycles. The number of nitrogens with zero attached hydrogens (tertiary/aromatic N) is 2. The fraction of sp³-hybridized carbons (Fsp3) is 0.471. The highest BCUT2D eigenvalue weighted by Crippen LogP contribution is 2.19. The van der Waals surface area contributed by atoms with Crippen molar-refractivity contribution in [3.05, 3.63) is 53.9 Å². The van der Waals surface area contributed by atoms with Gasteiger partial charge in [-0.3, -0.25) is 4.68 Å². The number of aryl methyl sites for hydroxylation is 1. The Bertz CT molecular complexity index is 490. The first-order valence-corrected chi connectivity index (χ1v) is 7.56. The summed E-state index contributed by atoms with van der Waals surface area (Å²) in [4.78, 5) is 0. The van der Waals surface area contributed by atoms with Gasteiger partial charge in [0.1, 0.15) is 0 Å². The fourth-order valence-corrected chi connectivity index (χ4v) is 2.45. The lowest BCUT2D eigenvalue weighted by Crippen LogP contribution is -2.24. The Hall–Kier alpha value is -1.61. The minimum atomic E-state index is 0.458. The van der Waals surface area contributed by atoms with Gasteiger partial charge in [0.25, 0.3) is 0 Å². The van der Waals surface area contributed by atoms with Gasteiger partial charge in [-0.2, -0.15) is 5.10 Å². The third kappa shape index (κ3) is 4.49. The summed E-state index contributed by atoms with van der Waals surface area (Å²) < 4.78 is 1.86. The van der Waals surface area contributed by atoms with Crippen molar-refractivity contribution in [2.45, 2.75) is 38.6 Å². The fourth-order valence-electron chi connectivity index (χ4n) is 2.45. The van der Waals surface area contributed by atoms with E-state index in [1.54, 1.807) is 0 Å². The highest BCUT2D eigenvalue weighted by molar-refractivity contribution is 5.18. The van der Waals surface area contributed by atoms with Crippen molar-refractivity contribution in [3.63, 3.8) is 0 Å². The Balaban J connectivity index is 1.87. The summed E-state index contributed by atoms with van der Waals surface area (Å²) in [5.74, 6) is 0. The van der Waals surface area contributed by atoms with Crippen molar-refractivity contribution in [2.75, 3.05) is 6.54 Å². The lowest BCUT2D eigenvalue weighted by atomic mass is 10.0. The zero-order valence-corrected chi connectivity index (χ0v) is 12.5. The van der Waals surface area contributed by atoms with Crippen molar-refractivity contribution >= 4 is 0 Å². The smallest absolute Gasteiger partial charge is 0.0637 e. The second-order valence-corrected chi connectivity index (χ2v) is 5.29. The molecule has 2 rings (SSSR count). The van der Waals surface area contributed by atoms with E-state index in [-0.39, 0.29) is 0 Å². The van der Waals surface area contributed by atoms with E-state index >= 15 is 0 Å². The van der Waals surface area contributed by atoms with Crippen LogP contribution in [0.3, 0.4) is 0 Å². The molecule has 1 heterocycles. The Kier molecular flexibility index (Phi) is 5.81. The van der Waals surface area contributed by atoms with E-state index in [9.17, 15) is 0 Å². The third-order valence-corrected chi connectivity index (χ3v) is 3.59. The van der Waals surface area contributed by atoms with Crippen LogP contribution in [-0.2, 0) is 13.5 Å². The summed E-state index contributed by atoms with van der Waals surface area (Å²) in [5, 5.41) is 8.10. The molecular formula is C17H25N3. The standard InChI is InChI=1S/C17H25N3/c1-3-4-10-17(15-8-6-5-7-9-15)18-13-11-16-12-14-20(2)19-16/h5-9,12,14,17-18H,3-4,10-11,13H2,1-2H3. The molecule has 3 heteroatoms. The number of aromatic nitrogens is 2. The average molecular weight is 271 g/mol. The molecular weight excluding hydrogens is 246 g/mol. The SMILES string of the molecule is CCCCC(NCCc1ccn(C)n1)c1ccccc1. The van der Waals surface area contributed by atoms with Gasteiger partial charge in [-0.1, -0.05) is 50.1 Å². The molecule has 0 bridgehead atoms. The minimum absolute atomic E-state index is 0.458. The van der Waals surface area contributed by atoms with E-state index in [4.69, 9.17) is 0 Å². The van der Waals surface area contributed by atoms with Crippen molar-refractivity contribution in [2.24, 2.45) is 7.05 Å². The highest BCUT2D eigenvalue weighted by Gasteiger charge is 2.09. The first-order valence-electron chi connectivity index (χ1n) is 7.56. The molecule has 0 saturated heterocycles. The summed E-state index contributed by atoms with van der Waals surface area (Å²) in [5.41, 5.74) is 2.55. The molecule has 0 saturated carbocycles. The lowest BCUT2D eigenvalue weighted by molar-refractivity contribution is 0.482. The van der Waals surface area contributed by atoms with Crippen molar-refractivity contribution in [1.82, 2.24) is 15.1 Å². The Labute approximate surface area is 122 Å². The van der Waals surface area contributed by atoms with Crippen molar-refractivity contribution in [3.8, 4) is 0 Å². The first-order chi connectivity index (χ1) is 9.79. The molecule has 0 spiro atoms. The van der Waals surface area contributed by atoms with Gasteiger partial charge < -0.3 is 5.32 Å². The molecule has 2 aromatic rings. The largest absolute Gasteiger partial charge is 0.310 e. The van der Waals surface area contributed by atoms with Crippen molar-refractivity contribution < 1.29 is 0 Å². The predicted molar refractivity (Wildman–Crippen MR) is 83.6 cm³/mol. The number of benzene rings is 1. The molecule has 108 valence electrons. The van der Waals surface area contributed by atoms with Crippen LogP contribution in [-0.4, -0.2) is 16.3 Å². The van der Waals surface area contributed by atoms with Gasteiger partial charge in [-0.25, -0.2) is 0 Å².